The maximum Gasteiger partial charge on any atom is 0.415 e. The van der Waals surface area contributed by atoms with E-state index in [2.05, 4.69) is 91.6 Å². The summed E-state index contributed by atoms with van der Waals surface area (Å²) in [5.74, 6) is 0. The van der Waals surface area contributed by atoms with Crippen LogP contribution < -0.4 is 0 Å². The molecule has 0 amide bonds. The number of fused-ring (bicyclic) bond motifs is 6. The normalized spacial score (nSPS) is 11.9. The molecule has 7 heteroatoms. The van der Waals surface area contributed by atoms with Crippen molar-refractivity contribution in [3.63, 3.8) is 0 Å². The third kappa shape index (κ3) is 4.66. The Bertz CT molecular complexity index is 2700. The Morgan fingerprint density at radius 2 is 0.900 bits per heavy atom. The van der Waals surface area contributed by atoms with Gasteiger partial charge in [-0.1, -0.05) is 66.7 Å². The zero-order chi connectivity index (χ0) is 35.1. The molecule has 2 aromatic heterocycles. The first-order valence-corrected chi connectivity index (χ1v) is 16.2. The van der Waals surface area contributed by atoms with E-state index in [-0.39, 0.29) is 22.5 Å². The Kier molecular flexibility index (Phi) is 6.89. The summed E-state index contributed by atoms with van der Waals surface area (Å²) in [5.41, 5.74) is 7.66. The van der Waals surface area contributed by atoms with Crippen molar-refractivity contribution in [2.45, 2.75) is 33.9 Å². The lowest BCUT2D eigenvalue weighted by Gasteiger charge is -2.22. The van der Waals surface area contributed by atoms with Crippen molar-refractivity contribution in [2.24, 2.45) is 0 Å². The van der Waals surface area contributed by atoms with Crippen molar-refractivity contribution in [1.29, 1.82) is 0 Å². The van der Waals surface area contributed by atoms with Crippen LogP contribution in [-0.4, -0.2) is 9.13 Å². The van der Waals surface area contributed by atoms with Crippen LogP contribution in [0.2, 0.25) is 0 Å². The smallest absolute Gasteiger partial charge is 0.308 e. The molecule has 0 saturated heterocycles. The molecule has 242 valence electrons. The van der Waals surface area contributed by atoms with Gasteiger partial charge in [-0.3, -0.25) is 0 Å². The van der Waals surface area contributed by atoms with E-state index in [1.807, 2.05) is 27.7 Å². The van der Waals surface area contributed by atoms with Gasteiger partial charge in [0.15, 0.2) is 11.4 Å². The number of aryl methyl sites for hydroxylation is 4. The average molecular weight is 659 g/mol. The van der Waals surface area contributed by atoms with E-state index >= 15 is 0 Å². The van der Waals surface area contributed by atoms with Crippen LogP contribution in [0.1, 0.15) is 27.8 Å². The fraction of sp³-hybridized carbons (Fsp3) is 0.116. The van der Waals surface area contributed by atoms with Gasteiger partial charge in [0.05, 0.1) is 52.1 Å². The van der Waals surface area contributed by atoms with Gasteiger partial charge in [0.2, 0.25) is 0 Å². The number of nitrogens with zero attached hydrogens (tertiary/aromatic N) is 4. The Morgan fingerprint density at radius 3 is 1.28 bits per heavy atom. The highest BCUT2D eigenvalue weighted by Gasteiger charge is 2.35. The standard InChI is InChI=1S/C43H29F3N4/c1-24-10-14-28-29-15-11-25(2)19-37(29)49(36(28)18-24)40-22-32(42-33(43(44,45)46)8-7-9-34(42)47-5)35(48-6)23-41(40)50-38-20-26(3)12-16-30(38)31-17-13-27(4)21-39(31)50/h7-23H,1-4H3. The van der Waals surface area contributed by atoms with Gasteiger partial charge < -0.3 is 9.13 Å². The first-order chi connectivity index (χ1) is 24.0. The van der Waals surface area contributed by atoms with E-state index in [0.29, 0.717) is 11.4 Å². The number of hydrogen-bond donors (Lipinski definition) is 0. The molecule has 0 fully saturated rings. The van der Waals surface area contributed by atoms with Gasteiger partial charge in [-0.25, -0.2) is 9.69 Å². The predicted molar refractivity (Wildman–Crippen MR) is 197 cm³/mol. The molecule has 0 aliphatic carbocycles. The van der Waals surface area contributed by atoms with Gasteiger partial charge in [-0.2, -0.15) is 13.2 Å². The summed E-state index contributed by atoms with van der Waals surface area (Å²) >= 11 is 0. The molecule has 8 aromatic rings. The summed E-state index contributed by atoms with van der Waals surface area (Å²) in [6.45, 7) is 24.3. The van der Waals surface area contributed by atoms with Crippen LogP contribution in [0.5, 0.6) is 0 Å². The van der Waals surface area contributed by atoms with Crippen molar-refractivity contribution >= 4 is 55.0 Å². The van der Waals surface area contributed by atoms with Crippen LogP contribution in [0.4, 0.5) is 24.5 Å². The molecule has 0 N–H and O–H groups in total. The summed E-state index contributed by atoms with van der Waals surface area (Å²) in [4.78, 5) is 7.36. The first-order valence-electron chi connectivity index (χ1n) is 16.2. The molecule has 2 heterocycles. The zero-order valence-corrected chi connectivity index (χ0v) is 27.7. The van der Waals surface area contributed by atoms with E-state index in [0.717, 1.165) is 71.9 Å². The Labute approximate surface area is 286 Å². The summed E-state index contributed by atoms with van der Waals surface area (Å²) in [6.07, 6.45) is -4.75. The van der Waals surface area contributed by atoms with Crippen LogP contribution in [0.15, 0.2) is 103 Å². The van der Waals surface area contributed by atoms with Crippen LogP contribution in [-0.2, 0) is 6.18 Å². The van der Waals surface area contributed by atoms with E-state index in [1.165, 1.54) is 12.1 Å². The highest BCUT2D eigenvalue weighted by atomic mass is 19.4. The van der Waals surface area contributed by atoms with Crippen molar-refractivity contribution in [3.05, 3.63) is 154 Å². The first kappa shape index (κ1) is 31.0. The average Bonchev–Trinajstić information content (AvgIpc) is 3.57. The van der Waals surface area contributed by atoms with Gasteiger partial charge >= 0.3 is 6.18 Å². The number of halogens is 3. The van der Waals surface area contributed by atoms with Crippen molar-refractivity contribution in [2.75, 3.05) is 0 Å². The van der Waals surface area contributed by atoms with E-state index in [4.69, 9.17) is 13.1 Å². The molecule has 0 aliphatic rings. The minimum absolute atomic E-state index is 0.0220. The number of alkyl halides is 3. The summed E-state index contributed by atoms with van der Waals surface area (Å²) in [7, 11) is 0. The lowest BCUT2D eigenvalue weighted by Crippen LogP contribution is -2.08. The second kappa shape index (κ2) is 11.1. The summed E-state index contributed by atoms with van der Waals surface area (Å²) in [5, 5.41) is 4.05. The molecule has 0 saturated carbocycles. The fourth-order valence-electron chi connectivity index (χ4n) is 7.37. The van der Waals surface area contributed by atoms with Crippen molar-refractivity contribution in [1.82, 2.24) is 9.13 Å². The van der Waals surface area contributed by atoms with E-state index in [9.17, 15) is 13.2 Å². The molecule has 0 bridgehead atoms. The minimum Gasteiger partial charge on any atom is -0.308 e. The Balaban J connectivity index is 1.64. The predicted octanol–water partition coefficient (Wildman–Crippen LogP) is 12.9. The van der Waals surface area contributed by atoms with Gasteiger partial charge in [0.1, 0.15) is 0 Å². The van der Waals surface area contributed by atoms with Gasteiger partial charge in [-0.15, -0.1) is 0 Å². The third-order valence-corrected chi connectivity index (χ3v) is 9.59. The van der Waals surface area contributed by atoms with Crippen molar-refractivity contribution in [3.8, 4) is 22.5 Å². The molecule has 0 radical (unpaired) electrons. The second-order valence-corrected chi connectivity index (χ2v) is 13.0. The quantitative estimate of drug-likeness (QED) is 0.168. The maximum absolute atomic E-state index is 14.7. The van der Waals surface area contributed by atoms with E-state index in [1.54, 1.807) is 12.1 Å². The monoisotopic (exact) mass is 658 g/mol. The molecule has 6 aromatic carbocycles. The molecular weight excluding hydrogens is 629 g/mol. The van der Waals surface area contributed by atoms with Crippen LogP contribution in [0, 0.1) is 40.8 Å². The van der Waals surface area contributed by atoms with E-state index < -0.39 is 11.7 Å². The Hall–Kier alpha value is -6.31. The lowest BCUT2D eigenvalue weighted by atomic mass is 9.94. The van der Waals surface area contributed by atoms with Crippen LogP contribution >= 0.6 is 0 Å². The molecule has 50 heavy (non-hydrogen) atoms. The van der Waals surface area contributed by atoms with Gasteiger partial charge in [-0.05, 0) is 97.5 Å². The molecule has 8 rings (SSSR count). The SMILES string of the molecule is [C-]#[N+]c1cc(-n2c3cc(C)ccc3c3ccc(C)cc32)c(-n2c3cc(C)ccc3c3ccc(C)cc32)cc1-c1c([N+]#[C-])cccc1C(F)(F)F. The molecule has 0 unspecified atom stereocenters. The second-order valence-electron chi connectivity index (χ2n) is 13.0. The Morgan fingerprint density at radius 1 is 0.500 bits per heavy atom. The largest absolute Gasteiger partial charge is 0.415 e. The third-order valence-electron chi connectivity index (χ3n) is 9.59. The maximum atomic E-state index is 14.7. The molecule has 0 spiro atoms. The molecule has 4 nitrogen and oxygen atoms in total. The van der Waals surface area contributed by atoms with Gasteiger partial charge in [0, 0.05) is 21.5 Å². The molecule has 0 aliphatic heterocycles. The fourth-order valence-corrected chi connectivity index (χ4v) is 7.37. The topological polar surface area (TPSA) is 18.6 Å². The van der Waals surface area contributed by atoms with Gasteiger partial charge in [0.25, 0.3) is 0 Å². The lowest BCUT2D eigenvalue weighted by molar-refractivity contribution is -0.137. The number of hydrogen-bond acceptors (Lipinski definition) is 0. The summed E-state index contributed by atoms with van der Waals surface area (Å²) < 4.78 is 48.3. The molecule has 0 atom stereocenters. The van der Waals surface area contributed by atoms with Crippen molar-refractivity contribution < 1.29 is 13.2 Å². The highest BCUT2D eigenvalue weighted by molar-refractivity contribution is 6.12. The zero-order valence-electron chi connectivity index (χ0n) is 27.7. The van der Waals surface area contributed by atoms with Crippen LogP contribution in [0.3, 0.4) is 0 Å². The number of benzene rings is 6. The highest BCUT2D eigenvalue weighted by Crippen LogP contribution is 2.49. The van der Waals surface area contributed by atoms with Crippen LogP contribution in [0.25, 0.3) is 75.8 Å². The summed E-state index contributed by atoms with van der Waals surface area (Å²) in [6, 6.07) is 32.0. The molecular formula is C43H29F3N4. The number of rotatable bonds is 3. The number of aromatic nitrogens is 2. The minimum atomic E-state index is -4.75.